The molecule has 1 aliphatic rings. The average Bonchev–Trinajstić information content (AvgIpc) is 3.29. The van der Waals surface area contributed by atoms with Crippen LogP contribution in [0.4, 0.5) is 5.13 Å². The number of aryl methyl sites for hydroxylation is 1. The molecule has 1 aliphatic carbocycles. The van der Waals surface area contributed by atoms with Gasteiger partial charge in [0, 0.05) is 21.7 Å². The van der Waals surface area contributed by atoms with Gasteiger partial charge >= 0.3 is 5.97 Å². The van der Waals surface area contributed by atoms with E-state index < -0.39 is 5.97 Å². The molecule has 0 atom stereocenters. The van der Waals surface area contributed by atoms with Gasteiger partial charge in [0.15, 0.2) is 5.13 Å². The molecule has 0 bridgehead atoms. The van der Waals surface area contributed by atoms with E-state index >= 15 is 0 Å². The summed E-state index contributed by atoms with van der Waals surface area (Å²) in [5.74, 6) is 0.874. The van der Waals surface area contributed by atoms with Crippen LogP contribution in [-0.2, 0) is 24.2 Å². The molecular formula is C21H30N2O2S2. The maximum atomic E-state index is 11.1. The Kier molecular flexibility index (Phi) is 7.30. The monoisotopic (exact) mass is 406 g/mol. The van der Waals surface area contributed by atoms with Gasteiger partial charge in [0.05, 0.1) is 18.7 Å². The molecule has 2 aromatic rings. The minimum absolute atomic E-state index is 0.140. The minimum Gasteiger partial charge on any atom is -0.481 e. The molecule has 0 radical (unpaired) electrons. The van der Waals surface area contributed by atoms with E-state index in [2.05, 4.69) is 36.3 Å². The van der Waals surface area contributed by atoms with Crippen LogP contribution in [-0.4, -0.2) is 22.6 Å². The fourth-order valence-corrected chi connectivity index (χ4v) is 5.56. The summed E-state index contributed by atoms with van der Waals surface area (Å²) >= 11 is 3.47. The Morgan fingerprint density at radius 2 is 2.00 bits per heavy atom. The molecule has 148 valence electrons. The van der Waals surface area contributed by atoms with Gasteiger partial charge in [-0.25, -0.2) is 4.98 Å². The second kappa shape index (κ2) is 9.69. The summed E-state index contributed by atoms with van der Waals surface area (Å²) < 4.78 is 0. The van der Waals surface area contributed by atoms with Crippen molar-refractivity contribution >= 4 is 33.8 Å². The highest BCUT2D eigenvalue weighted by molar-refractivity contribution is 7.14. The van der Waals surface area contributed by atoms with Gasteiger partial charge in [0.1, 0.15) is 0 Å². The summed E-state index contributed by atoms with van der Waals surface area (Å²) in [5, 5.41) is 12.3. The van der Waals surface area contributed by atoms with Gasteiger partial charge in [-0.2, -0.15) is 0 Å². The van der Waals surface area contributed by atoms with Crippen molar-refractivity contribution in [2.24, 2.45) is 11.8 Å². The molecule has 0 aromatic carbocycles. The Morgan fingerprint density at radius 1 is 1.26 bits per heavy atom. The van der Waals surface area contributed by atoms with Gasteiger partial charge in [-0.05, 0) is 49.7 Å². The number of thiophene rings is 1. The van der Waals surface area contributed by atoms with E-state index in [1.54, 1.807) is 11.3 Å². The van der Waals surface area contributed by atoms with E-state index in [0.717, 1.165) is 36.4 Å². The Hall–Kier alpha value is -1.40. The molecule has 2 heterocycles. The van der Waals surface area contributed by atoms with Gasteiger partial charge in [0.2, 0.25) is 0 Å². The lowest BCUT2D eigenvalue weighted by Gasteiger charge is -2.25. The predicted octanol–water partition coefficient (Wildman–Crippen LogP) is 5.62. The summed E-state index contributed by atoms with van der Waals surface area (Å²) in [6, 6.07) is 4.34. The number of rotatable bonds is 9. The van der Waals surface area contributed by atoms with Crippen LogP contribution in [0.1, 0.15) is 61.4 Å². The summed E-state index contributed by atoms with van der Waals surface area (Å²) in [5.41, 5.74) is 1.18. The van der Waals surface area contributed by atoms with Crippen LogP contribution >= 0.6 is 22.7 Å². The third-order valence-electron chi connectivity index (χ3n) is 5.45. The van der Waals surface area contributed by atoms with Gasteiger partial charge < -0.3 is 10.0 Å². The number of carboxylic acids is 1. The first-order valence-corrected chi connectivity index (χ1v) is 11.7. The number of aliphatic carboxylic acids is 1. The Morgan fingerprint density at radius 3 is 2.67 bits per heavy atom. The van der Waals surface area contributed by atoms with Crippen LogP contribution in [0, 0.1) is 11.8 Å². The second-order valence-corrected chi connectivity index (χ2v) is 9.83. The first-order chi connectivity index (χ1) is 13.0. The molecule has 27 heavy (non-hydrogen) atoms. The highest BCUT2D eigenvalue weighted by Gasteiger charge is 2.20. The first-order valence-electron chi connectivity index (χ1n) is 10.0. The third kappa shape index (κ3) is 6.04. The van der Waals surface area contributed by atoms with Gasteiger partial charge in [-0.15, -0.1) is 22.7 Å². The number of nitrogens with zero attached hydrogens (tertiary/aromatic N) is 2. The lowest BCUT2D eigenvalue weighted by molar-refractivity contribution is -0.136. The maximum Gasteiger partial charge on any atom is 0.305 e. The van der Waals surface area contributed by atoms with Crippen LogP contribution in [0.3, 0.4) is 0 Å². The molecule has 2 aromatic heterocycles. The molecule has 0 unspecified atom stereocenters. The van der Waals surface area contributed by atoms with E-state index in [9.17, 15) is 4.79 Å². The van der Waals surface area contributed by atoms with Gasteiger partial charge in [0.25, 0.3) is 0 Å². The van der Waals surface area contributed by atoms with E-state index in [1.165, 1.54) is 41.1 Å². The fourth-order valence-electron chi connectivity index (χ4n) is 3.72. The zero-order chi connectivity index (χ0) is 19.2. The van der Waals surface area contributed by atoms with Crippen molar-refractivity contribution in [3.8, 4) is 0 Å². The molecule has 0 spiro atoms. The second-order valence-electron chi connectivity index (χ2n) is 7.74. The Labute approximate surface area is 170 Å². The Bertz CT molecular complexity index is 732. The summed E-state index contributed by atoms with van der Waals surface area (Å²) in [6.07, 6.45) is 7.55. The summed E-state index contributed by atoms with van der Waals surface area (Å²) in [4.78, 5) is 20.8. The van der Waals surface area contributed by atoms with Crippen molar-refractivity contribution in [3.05, 3.63) is 33.0 Å². The maximum absolute atomic E-state index is 11.1. The Balaban J connectivity index is 1.66. The number of aromatic nitrogens is 1. The first kappa shape index (κ1) is 20.3. The molecular weight excluding hydrogens is 376 g/mol. The highest BCUT2D eigenvalue weighted by atomic mass is 32.1. The average molecular weight is 407 g/mol. The molecule has 0 saturated heterocycles. The predicted molar refractivity (Wildman–Crippen MR) is 114 cm³/mol. The topological polar surface area (TPSA) is 53.4 Å². The van der Waals surface area contributed by atoms with Crippen molar-refractivity contribution in [2.45, 2.75) is 65.3 Å². The number of carboxylic acid groups (broad SMARTS) is 1. The van der Waals surface area contributed by atoms with Gasteiger partial charge in [-0.3, -0.25) is 4.79 Å². The molecule has 4 nitrogen and oxygen atoms in total. The van der Waals surface area contributed by atoms with E-state index in [-0.39, 0.29) is 6.42 Å². The van der Waals surface area contributed by atoms with Crippen LogP contribution in [0.15, 0.2) is 17.5 Å². The van der Waals surface area contributed by atoms with Crippen molar-refractivity contribution in [3.63, 3.8) is 0 Å². The number of carbonyl (C=O) groups is 1. The van der Waals surface area contributed by atoms with Crippen LogP contribution in [0.2, 0.25) is 0 Å². The van der Waals surface area contributed by atoms with Crippen LogP contribution in [0.25, 0.3) is 0 Å². The normalized spacial score (nSPS) is 19.9. The molecule has 0 amide bonds. The quantitative estimate of drug-likeness (QED) is 0.587. The van der Waals surface area contributed by atoms with Crippen molar-refractivity contribution < 1.29 is 9.90 Å². The molecule has 0 aliphatic heterocycles. The SMILES string of the molecule is CCc1ccc(CN(CCC(=O)O)c2nc(CC3CCC(C)CC3)cs2)s1. The fraction of sp³-hybridized carbons (Fsp3) is 0.619. The van der Waals surface area contributed by atoms with Crippen LogP contribution < -0.4 is 4.90 Å². The molecule has 6 heteroatoms. The largest absolute Gasteiger partial charge is 0.481 e. The third-order valence-corrected chi connectivity index (χ3v) is 7.62. The zero-order valence-electron chi connectivity index (χ0n) is 16.3. The van der Waals surface area contributed by atoms with E-state index in [1.807, 2.05) is 11.3 Å². The number of anilines is 1. The highest BCUT2D eigenvalue weighted by Crippen LogP contribution is 2.32. The molecule has 1 N–H and O–H groups in total. The van der Waals surface area contributed by atoms with E-state index in [0.29, 0.717) is 6.54 Å². The number of hydrogen-bond acceptors (Lipinski definition) is 5. The standard InChI is InChI=1S/C21H30N2O2S2/c1-3-18-8-9-19(27-18)13-23(11-10-20(24)25)21-22-17(14-26-21)12-16-6-4-15(2)5-7-16/h8-9,14-16H,3-7,10-13H2,1-2H3,(H,24,25). The molecule has 1 saturated carbocycles. The van der Waals surface area contributed by atoms with Crippen molar-refractivity contribution in [1.29, 1.82) is 0 Å². The molecule has 3 rings (SSSR count). The number of thiazole rings is 1. The summed E-state index contributed by atoms with van der Waals surface area (Å²) in [6.45, 7) is 5.76. The lowest BCUT2D eigenvalue weighted by atomic mass is 9.81. The molecule has 1 fully saturated rings. The lowest BCUT2D eigenvalue weighted by Crippen LogP contribution is -2.25. The van der Waals surface area contributed by atoms with Crippen molar-refractivity contribution in [2.75, 3.05) is 11.4 Å². The smallest absolute Gasteiger partial charge is 0.305 e. The van der Waals surface area contributed by atoms with E-state index in [4.69, 9.17) is 10.1 Å². The zero-order valence-corrected chi connectivity index (χ0v) is 18.0. The van der Waals surface area contributed by atoms with Gasteiger partial charge in [-0.1, -0.05) is 26.7 Å². The van der Waals surface area contributed by atoms with Crippen molar-refractivity contribution in [1.82, 2.24) is 4.98 Å². The minimum atomic E-state index is -0.756. The van der Waals surface area contributed by atoms with Crippen LogP contribution in [0.5, 0.6) is 0 Å². The number of hydrogen-bond donors (Lipinski definition) is 1. The summed E-state index contributed by atoms with van der Waals surface area (Å²) in [7, 11) is 0.